The van der Waals surface area contributed by atoms with Gasteiger partial charge in [0, 0.05) is 25.2 Å². The van der Waals surface area contributed by atoms with E-state index in [1.807, 2.05) is 60.7 Å². The number of rotatable bonds is 9. The Morgan fingerprint density at radius 1 is 0.892 bits per heavy atom. The van der Waals surface area contributed by atoms with Crippen molar-refractivity contribution in [2.75, 3.05) is 19.6 Å². The highest BCUT2D eigenvalue weighted by Gasteiger charge is 2.35. The van der Waals surface area contributed by atoms with E-state index in [0.29, 0.717) is 26.2 Å². The van der Waals surface area contributed by atoms with Crippen molar-refractivity contribution < 1.29 is 27.5 Å². The summed E-state index contributed by atoms with van der Waals surface area (Å²) < 4.78 is 45.0. The molecule has 1 aliphatic rings. The quantitative estimate of drug-likeness (QED) is 0.455. The second kappa shape index (κ2) is 12.0. The van der Waals surface area contributed by atoms with E-state index < -0.39 is 23.6 Å². The minimum Gasteiger partial charge on any atom is -0.370 e. The van der Waals surface area contributed by atoms with Gasteiger partial charge in [-0.15, -0.1) is 0 Å². The van der Waals surface area contributed by atoms with Crippen LogP contribution in [0.15, 0.2) is 84.9 Å². The van der Waals surface area contributed by atoms with E-state index in [4.69, 9.17) is 4.74 Å². The van der Waals surface area contributed by atoms with Gasteiger partial charge in [-0.2, -0.15) is 13.2 Å². The molecule has 1 aliphatic heterocycles. The number of benzene rings is 3. The van der Waals surface area contributed by atoms with Crippen LogP contribution in [-0.2, 0) is 28.9 Å². The van der Waals surface area contributed by atoms with Crippen LogP contribution in [0.25, 0.3) is 0 Å². The Morgan fingerprint density at radius 2 is 1.57 bits per heavy atom. The van der Waals surface area contributed by atoms with Crippen molar-refractivity contribution in [2.45, 2.75) is 31.5 Å². The lowest BCUT2D eigenvalue weighted by Gasteiger charge is -2.20. The number of hydrogen-bond donors (Lipinski definition) is 2. The maximum atomic E-state index is 12.9. The van der Waals surface area contributed by atoms with Crippen molar-refractivity contribution in [3.05, 3.63) is 107 Å². The molecule has 2 amide bonds. The van der Waals surface area contributed by atoms with Crippen molar-refractivity contribution in [1.82, 2.24) is 15.5 Å². The molecule has 1 heterocycles. The van der Waals surface area contributed by atoms with Gasteiger partial charge in [0.1, 0.15) is 0 Å². The van der Waals surface area contributed by atoms with Gasteiger partial charge in [-0.1, -0.05) is 66.7 Å². The Bertz CT molecular complexity index is 1190. The molecular weight excluding hydrogens is 483 g/mol. The zero-order valence-electron chi connectivity index (χ0n) is 20.1. The maximum Gasteiger partial charge on any atom is 0.416 e. The summed E-state index contributed by atoms with van der Waals surface area (Å²) in [5.74, 6) is -1.20. The van der Waals surface area contributed by atoms with Gasteiger partial charge in [-0.05, 0) is 29.3 Å². The van der Waals surface area contributed by atoms with Gasteiger partial charge in [-0.25, -0.2) is 0 Å². The molecule has 0 aliphatic carbocycles. The Kier molecular flexibility index (Phi) is 8.58. The maximum absolute atomic E-state index is 12.9. The second-order valence-corrected chi connectivity index (χ2v) is 8.95. The zero-order valence-corrected chi connectivity index (χ0v) is 20.1. The topological polar surface area (TPSA) is 70.7 Å². The number of nitrogens with zero attached hydrogens (tertiary/aromatic N) is 1. The summed E-state index contributed by atoms with van der Waals surface area (Å²) in [5.41, 5.74) is 1.07. The minimum absolute atomic E-state index is 0.165. The van der Waals surface area contributed by atoms with E-state index in [0.717, 1.165) is 29.3 Å². The summed E-state index contributed by atoms with van der Waals surface area (Å²) >= 11 is 0. The standard InChI is InChI=1S/C28H28F3N3O3/c29-28(30,31)23-13-7-12-22(14-23)27(36)32-15-26(35)33-24-17-34(16-20-8-3-1-4-9-20)18-25(24)37-19-21-10-5-2-6-11-21/h1-14,24-25H,15-19H2,(H,32,36)(H,33,35)/t24-,25-/m1/s1. The lowest BCUT2D eigenvalue weighted by molar-refractivity contribution is -0.137. The Balaban J connectivity index is 1.35. The molecule has 3 aromatic carbocycles. The highest BCUT2D eigenvalue weighted by molar-refractivity contribution is 5.96. The van der Waals surface area contributed by atoms with Crippen LogP contribution in [0.4, 0.5) is 13.2 Å². The second-order valence-electron chi connectivity index (χ2n) is 8.95. The molecule has 9 heteroatoms. The Morgan fingerprint density at radius 3 is 2.24 bits per heavy atom. The fraction of sp³-hybridized carbons (Fsp3) is 0.286. The van der Waals surface area contributed by atoms with Crippen LogP contribution in [0.3, 0.4) is 0 Å². The first-order valence-electron chi connectivity index (χ1n) is 11.9. The number of nitrogens with one attached hydrogen (secondary N) is 2. The minimum atomic E-state index is -4.56. The third-order valence-electron chi connectivity index (χ3n) is 6.11. The lowest BCUT2D eigenvalue weighted by Crippen LogP contribution is -2.47. The number of alkyl halides is 3. The highest BCUT2D eigenvalue weighted by atomic mass is 19.4. The number of hydrogen-bond acceptors (Lipinski definition) is 4. The molecule has 1 fully saturated rings. The van der Waals surface area contributed by atoms with Crippen LogP contribution < -0.4 is 10.6 Å². The molecule has 0 radical (unpaired) electrons. The largest absolute Gasteiger partial charge is 0.416 e. The van der Waals surface area contributed by atoms with Crippen LogP contribution in [0, 0.1) is 0 Å². The third kappa shape index (κ3) is 7.65. The molecule has 0 saturated carbocycles. The molecule has 0 bridgehead atoms. The van der Waals surface area contributed by atoms with Crippen LogP contribution in [-0.4, -0.2) is 48.5 Å². The van der Waals surface area contributed by atoms with Gasteiger partial charge in [0.2, 0.25) is 5.91 Å². The van der Waals surface area contributed by atoms with E-state index in [1.165, 1.54) is 6.07 Å². The summed E-state index contributed by atoms with van der Waals surface area (Å²) in [5, 5.41) is 5.33. The first-order chi connectivity index (χ1) is 17.8. The van der Waals surface area contributed by atoms with Crippen LogP contribution >= 0.6 is 0 Å². The zero-order chi connectivity index (χ0) is 26.3. The molecule has 0 spiro atoms. The molecule has 37 heavy (non-hydrogen) atoms. The highest BCUT2D eigenvalue weighted by Crippen LogP contribution is 2.29. The van der Waals surface area contributed by atoms with Gasteiger partial charge < -0.3 is 15.4 Å². The van der Waals surface area contributed by atoms with E-state index in [9.17, 15) is 22.8 Å². The molecule has 3 aromatic rings. The molecular formula is C28H28F3N3O3. The number of carbonyl (C=O) groups excluding carboxylic acids is 2. The molecule has 2 N–H and O–H groups in total. The van der Waals surface area contributed by atoms with Crippen molar-refractivity contribution in [1.29, 1.82) is 0 Å². The normalized spacial score (nSPS) is 17.9. The van der Waals surface area contributed by atoms with E-state index in [1.54, 1.807) is 0 Å². The van der Waals surface area contributed by atoms with E-state index in [-0.39, 0.29) is 24.3 Å². The van der Waals surface area contributed by atoms with E-state index in [2.05, 4.69) is 15.5 Å². The molecule has 0 unspecified atom stereocenters. The van der Waals surface area contributed by atoms with Crippen LogP contribution in [0.2, 0.25) is 0 Å². The molecule has 1 saturated heterocycles. The summed E-state index contributed by atoms with van der Waals surface area (Å²) in [6.45, 7) is 1.90. The Labute approximate surface area is 213 Å². The van der Waals surface area contributed by atoms with Gasteiger partial charge >= 0.3 is 6.18 Å². The number of carbonyl (C=O) groups is 2. The first kappa shape index (κ1) is 26.4. The Hall–Kier alpha value is -3.69. The monoisotopic (exact) mass is 511 g/mol. The van der Waals surface area contributed by atoms with Gasteiger partial charge in [-0.3, -0.25) is 14.5 Å². The third-order valence-corrected chi connectivity index (χ3v) is 6.11. The van der Waals surface area contributed by atoms with Crippen molar-refractivity contribution in [3.8, 4) is 0 Å². The SMILES string of the molecule is O=C(CNC(=O)c1cccc(C(F)(F)F)c1)N[C@@H]1CN(Cc2ccccc2)C[C@H]1OCc1ccccc1. The smallest absolute Gasteiger partial charge is 0.370 e. The number of ether oxygens (including phenoxy) is 1. The predicted octanol–water partition coefficient (Wildman–Crippen LogP) is 4.02. The molecule has 2 atom stereocenters. The van der Waals surface area contributed by atoms with Crippen molar-refractivity contribution in [3.63, 3.8) is 0 Å². The fourth-order valence-electron chi connectivity index (χ4n) is 4.26. The average Bonchev–Trinajstić information content (AvgIpc) is 3.27. The number of amides is 2. The molecule has 194 valence electrons. The summed E-state index contributed by atoms with van der Waals surface area (Å²) in [6.07, 6.45) is -4.83. The fourth-order valence-corrected chi connectivity index (χ4v) is 4.26. The lowest BCUT2D eigenvalue weighted by atomic mass is 10.1. The van der Waals surface area contributed by atoms with Gasteiger partial charge in [0.15, 0.2) is 0 Å². The van der Waals surface area contributed by atoms with Gasteiger partial charge in [0.05, 0.1) is 30.9 Å². The average molecular weight is 512 g/mol. The number of halogens is 3. The van der Waals surface area contributed by atoms with Crippen LogP contribution in [0.1, 0.15) is 27.0 Å². The van der Waals surface area contributed by atoms with Crippen LogP contribution in [0.5, 0.6) is 0 Å². The molecule has 4 rings (SSSR count). The molecule has 0 aromatic heterocycles. The predicted molar refractivity (Wildman–Crippen MR) is 132 cm³/mol. The summed E-state index contributed by atoms with van der Waals surface area (Å²) in [6, 6.07) is 23.5. The van der Waals surface area contributed by atoms with Crippen molar-refractivity contribution >= 4 is 11.8 Å². The molecule has 6 nitrogen and oxygen atoms in total. The van der Waals surface area contributed by atoms with Gasteiger partial charge in [0.25, 0.3) is 5.91 Å². The summed E-state index contributed by atoms with van der Waals surface area (Å²) in [7, 11) is 0. The van der Waals surface area contributed by atoms with E-state index >= 15 is 0 Å². The van der Waals surface area contributed by atoms with Crippen molar-refractivity contribution in [2.24, 2.45) is 0 Å². The number of likely N-dealkylation sites (tertiary alicyclic amines) is 1. The summed E-state index contributed by atoms with van der Waals surface area (Å²) in [4.78, 5) is 27.2. The first-order valence-corrected chi connectivity index (χ1v) is 11.9.